The number of halogens is 3. The first-order valence-electron chi connectivity index (χ1n) is 12.0. The van der Waals surface area contributed by atoms with Crippen LogP contribution in [-0.2, 0) is 0 Å². The number of aromatic nitrogens is 4. The molecule has 180 valence electrons. The topological polar surface area (TPSA) is 60.9 Å². The molecule has 2 fully saturated rings. The van der Waals surface area contributed by atoms with Gasteiger partial charge in [0.25, 0.3) is 0 Å². The lowest BCUT2D eigenvalue weighted by atomic mass is 10.0. The lowest BCUT2D eigenvalue weighted by Crippen LogP contribution is -2.40. The van der Waals surface area contributed by atoms with Crippen molar-refractivity contribution in [3.05, 3.63) is 59.4 Å². The molecule has 5 heterocycles. The van der Waals surface area contributed by atoms with E-state index in [-0.39, 0.29) is 10.6 Å². The molecule has 2 aliphatic heterocycles. The molecule has 9 heteroatoms. The summed E-state index contributed by atoms with van der Waals surface area (Å²) in [5, 5.41) is 6.81. The van der Waals surface area contributed by atoms with Gasteiger partial charge in [0.15, 0.2) is 0 Å². The summed E-state index contributed by atoms with van der Waals surface area (Å²) >= 11 is 5.91. The Kier molecular flexibility index (Phi) is 5.86. The Morgan fingerprint density at radius 1 is 0.943 bits per heavy atom. The van der Waals surface area contributed by atoms with Gasteiger partial charge in [-0.1, -0.05) is 18.0 Å². The Hall–Kier alpha value is -3.10. The van der Waals surface area contributed by atoms with Crippen LogP contribution >= 0.6 is 11.6 Å². The molecule has 1 aromatic carbocycles. The Balaban J connectivity index is 1.30. The van der Waals surface area contributed by atoms with E-state index >= 15 is 0 Å². The number of nitrogens with zero attached hydrogens (tertiary/aromatic N) is 5. The minimum Gasteiger partial charge on any atom is -0.369 e. The molecule has 0 spiro atoms. The van der Waals surface area contributed by atoms with Crippen LogP contribution in [0.15, 0.2) is 42.7 Å². The molecule has 3 aromatic heterocycles. The molecule has 2 saturated heterocycles. The van der Waals surface area contributed by atoms with Gasteiger partial charge in [-0.3, -0.25) is 15.0 Å². The van der Waals surface area contributed by atoms with Gasteiger partial charge in [-0.05, 0) is 56.6 Å². The van der Waals surface area contributed by atoms with Gasteiger partial charge in [0, 0.05) is 42.5 Å². The molecule has 35 heavy (non-hydrogen) atoms. The van der Waals surface area contributed by atoms with Gasteiger partial charge in [0.05, 0.1) is 33.6 Å². The average molecular weight is 495 g/mol. The number of H-pyrrole nitrogens is 1. The third-order valence-corrected chi connectivity index (χ3v) is 7.43. The van der Waals surface area contributed by atoms with E-state index in [1.54, 1.807) is 6.20 Å². The number of anilines is 1. The predicted molar refractivity (Wildman–Crippen MR) is 134 cm³/mol. The van der Waals surface area contributed by atoms with Crippen molar-refractivity contribution in [2.45, 2.75) is 31.7 Å². The van der Waals surface area contributed by atoms with Crippen molar-refractivity contribution in [3.8, 4) is 22.5 Å². The van der Waals surface area contributed by atoms with Crippen LogP contribution in [0.4, 0.5) is 14.5 Å². The summed E-state index contributed by atoms with van der Waals surface area (Å²) in [5.41, 5.74) is 4.26. The summed E-state index contributed by atoms with van der Waals surface area (Å²) in [7, 11) is 0. The SMILES string of the molecule is Fc1cc(F)c(-c2n[nH]cc2-c2ccc3ncc(N4CCC(N5CCCCC5)C4)cc3n2)cc1Cl. The van der Waals surface area contributed by atoms with Crippen molar-refractivity contribution >= 4 is 28.3 Å². The maximum absolute atomic E-state index is 14.5. The van der Waals surface area contributed by atoms with Gasteiger partial charge in [0.2, 0.25) is 0 Å². The van der Waals surface area contributed by atoms with E-state index in [1.807, 2.05) is 18.3 Å². The van der Waals surface area contributed by atoms with Crippen molar-refractivity contribution in [1.29, 1.82) is 0 Å². The van der Waals surface area contributed by atoms with E-state index in [4.69, 9.17) is 16.6 Å². The van der Waals surface area contributed by atoms with Gasteiger partial charge < -0.3 is 4.90 Å². The second-order valence-corrected chi connectivity index (χ2v) is 9.71. The van der Waals surface area contributed by atoms with Crippen LogP contribution in [0.1, 0.15) is 25.7 Å². The number of benzene rings is 1. The number of rotatable bonds is 4. The fraction of sp³-hybridized carbons (Fsp3) is 0.346. The number of likely N-dealkylation sites (tertiary alicyclic amines) is 1. The van der Waals surface area contributed by atoms with E-state index in [1.165, 1.54) is 38.4 Å². The second kappa shape index (κ2) is 9.17. The Bertz CT molecular complexity index is 1380. The molecule has 0 amide bonds. The highest BCUT2D eigenvalue weighted by Crippen LogP contribution is 2.34. The maximum Gasteiger partial charge on any atom is 0.144 e. The monoisotopic (exact) mass is 494 g/mol. The first-order valence-corrected chi connectivity index (χ1v) is 12.4. The summed E-state index contributed by atoms with van der Waals surface area (Å²) in [6.45, 7) is 4.41. The van der Waals surface area contributed by atoms with Crippen molar-refractivity contribution in [2.24, 2.45) is 0 Å². The Morgan fingerprint density at radius 3 is 2.66 bits per heavy atom. The lowest BCUT2D eigenvalue weighted by Gasteiger charge is -2.32. The van der Waals surface area contributed by atoms with Crippen LogP contribution in [0.25, 0.3) is 33.5 Å². The second-order valence-electron chi connectivity index (χ2n) is 9.31. The largest absolute Gasteiger partial charge is 0.369 e. The molecule has 1 atom stereocenters. The van der Waals surface area contributed by atoms with Crippen molar-refractivity contribution < 1.29 is 8.78 Å². The summed E-state index contributed by atoms with van der Waals surface area (Å²) in [6.07, 6.45) is 8.67. The van der Waals surface area contributed by atoms with E-state index in [0.717, 1.165) is 42.3 Å². The molecule has 1 unspecified atom stereocenters. The number of hydrogen-bond acceptors (Lipinski definition) is 5. The van der Waals surface area contributed by atoms with Gasteiger partial charge in [-0.25, -0.2) is 13.8 Å². The zero-order chi connectivity index (χ0) is 23.9. The lowest BCUT2D eigenvalue weighted by molar-refractivity contribution is 0.175. The van der Waals surface area contributed by atoms with Crippen LogP contribution in [-0.4, -0.2) is 57.3 Å². The summed E-state index contributed by atoms with van der Waals surface area (Å²) < 4.78 is 28.2. The standard InChI is InChI=1S/C26H25ClF2N6/c27-20-11-18(21(28)12-22(20)29)26-19(14-31-33-26)23-4-5-24-25(32-23)10-17(13-30-24)35-9-6-16(15-35)34-7-2-1-3-8-34/h4-5,10-14,16H,1-3,6-9,15H2,(H,31,33). The Morgan fingerprint density at radius 2 is 1.80 bits per heavy atom. The molecule has 0 saturated carbocycles. The van der Waals surface area contributed by atoms with E-state index in [0.29, 0.717) is 23.0 Å². The molecular weight excluding hydrogens is 470 g/mol. The smallest absolute Gasteiger partial charge is 0.144 e. The molecule has 1 N–H and O–H groups in total. The molecular formula is C26H25ClF2N6. The highest BCUT2D eigenvalue weighted by atomic mass is 35.5. The van der Waals surface area contributed by atoms with Crippen LogP contribution in [0.5, 0.6) is 0 Å². The summed E-state index contributed by atoms with van der Waals surface area (Å²) in [6, 6.07) is 8.41. The molecule has 4 aromatic rings. The molecule has 0 bridgehead atoms. The van der Waals surface area contributed by atoms with Crippen LogP contribution in [0.2, 0.25) is 5.02 Å². The molecule has 0 aliphatic carbocycles. The van der Waals surface area contributed by atoms with Crippen molar-refractivity contribution in [3.63, 3.8) is 0 Å². The average Bonchev–Trinajstić information content (AvgIpc) is 3.57. The third-order valence-electron chi connectivity index (χ3n) is 7.14. The zero-order valence-electron chi connectivity index (χ0n) is 19.1. The van der Waals surface area contributed by atoms with E-state index < -0.39 is 11.6 Å². The van der Waals surface area contributed by atoms with Gasteiger partial charge in [-0.2, -0.15) is 5.10 Å². The summed E-state index contributed by atoms with van der Waals surface area (Å²) in [5.74, 6) is -1.54. The molecule has 6 nitrogen and oxygen atoms in total. The van der Waals surface area contributed by atoms with Gasteiger partial charge >= 0.3 is 0 Å². The number of piperidine rings is 1. The normalized spacial score (nSPS) is 19.1. The molecule has 6 rings (SSSR count). The zero-order valence-corrected chi connectivity index (χ0v) is 19.9. The van der Waals surface area contributed by atoms with E-state index in [2.05, 4.69) is 31.0 Å². The Labute approximate surface area is 206 Å². The fourth-order valence-corrected chi connectivity index (χ4v) is 5.44. The highest BCUT2D eigenvalue weighted by molar-refractivity contribution is 6.31. The maximum atomic E-state index is 14.5. The van der Waals surface area contributed by atoms with Crippen LogP contribution < -0.4 is 4.90 Å². The number of nitrogens with one attached hydrogen (secondary N) is 1. The third kappa shape index (κ3) is 4.25. The van der Waals surface area contributed by atoms with Crippen molar-refractivity contribution in [2.75, 3.05) is 31.1 Å². The number of fused-ring (bicyclic) bond motifs is 1. The number of aromatic amines is 1. The summed E-state index contributed by atoms with van der Waals surface area (Å²) in [4.78, 5) is 14.5. The predicted octanol–water partition coefficient (Wildman–Crippen LogP) is 5.68. The van der Waals surface area contributed by atoms with Crippen LogP contribution in [0, 0.1) is 11.6 Å². The molecule has 0 radical (unpaired) electrons. The fourth-order valence-electron chi connectivity index (χ4n) is 5.27. The molecule has 2 aliphatic rings. The first-order chi connectivity index (χ1) is 17.1. The number of hydrogen-bond donors (Lipinski definition) is 1. The van der Waals surface area contributed by atoms with Crippen LogP contribution in [0.3, 0.4) is 0 Å². The van der Waals surface area contributed by atoms with E-state index in [9.17, 15) is 8.78 Å². The first kappa shape index (κ1) is 22.4. The van der Waals surface area contributed by atoms with Gasteiger partial charge in [0.1, 0.15) is 17.3 Å². The quantitative estimate of drug-likeness (QED) is 0.370. The highest BCUT2D eigenvalue weighted by Gasteiger charge is 2.29. The van der Waals surface area contributed by atoms with Gasteiger partial charge in [-0.15, -0.1) is 0 Å². The van der Waals surface area contributed by atoms with Crippen molar-refractivity contribution in [1.82, 2.24) is 25.1 Å². The number of pyridine rings is 2. The minimum absolute atomic E-state index is 0.113. The minimum atomic E-state index is -0.808.